The zero-order valence-electron chi connectivity index (χ0n) is 12.6. The van der Waals surface area contributed by atoms with Crippen LogP contribution in [-0.4, -0.2) is 25.2 Å². The number of nitrogens with zero attached hydrogens (tertiary/aromatic N) is 1. The minimum atomic E-state index is -0.291. The van der Waals surface area contributed by atoms with Gasteiger partial charge in [0.1, 0.15) is 0 Å². The van der Waals surface area contributed by atoms with Gasteiger partial charge in [-0.3, -0.25) is 0 Å². The number of para-hydroxylation sites is 1. The van der Waals surface area contributed by atoms with Crippen molar-refractivity contribution in [1.82, 2.24) is 0 Å². The number of hydrogen-bond acceptors (Lipinski definition) is 4. The third-order valence-electron chi connectivity index (χ3n) is 3.99. The van der Waals surface area contributed by atoms with Crippen molar-refractivity contribution < 1.29 is 9.53 Å². The third-order valence-corrected chi connectivity index (χ3v) is 3.99. The van der Waals surface area contributed by atoms with Crippen LogP contribution in [0.5, 0.6) is 0 Å². The number of nitrogen functional groups attached to an aromatic ring is 1. The maximum Gasteiger partial charge on any atom is 0.340 e. The van der Waals surface area contributed by atoms with E-state index in [0.29, 0.717) is 23.9 Å². The van der Waals surface area contributed by atoms with E-state index in [1.54, 1.807) is 6.07 Å². The highest BCUT2D eigenvalue weighted by Gasteiger charge is 2.28. The summed E-state index contributed by atoms with van der Waals surface area (Å²) >= 11 is 0. The number of benzene rings is 1. The molecule has 1 aliphatic rings. The molecule has 0 radical (unpaired) electrons. The lowest BCUT2D eigenvalue weighted by molar-refractivity contribution is 0.0527. The molecule has 1 aromatic rings. The maximum atomic E-state index is 12.1. The van der Waals surface area contributed by atoms with Crippen LogP contribution in [0, 0.1) is 5.92 Å². The average Bonchev–Trinajstić information content (AvgIpc) is 2.40. The van der Waals surface area contributed by atoms with Crippen molar-refractivity contribution in [2.45, 2.75) is 39.7 Å². The smallest absolute Gasteiger partial charge is 0.340 e. The van der Waals surface area contributed by atoms with Crippen LogP contribution < -0.4 is 10.6 Å². The molecule has 2 atom stereocenters. The van der Waals surface area contributed by atoms with Crippen LogP contribution in [0.25, 0.3) is 0 Å². The lowest BCUT2D eigenvalue weighted by atomic mass is 9.92. The van der Waals surface area contributed by atoms with Crippen LogP contribution in [0.2, 0.25) is 0 Å². The number of nitrogens with two attached hydrogens (primary N) is 1. The number of carbonyl (C=O) groups excluding carboxylic acids is 1. The monoisotopic (exact) mass is 276 g/mol. The standard InChI is InChI=1S/C16H24N2O2/c1-4-20-16(19)13-6-5-7-14(17)15(13)18-9-8-11(2)10-12(18)3/h5-7,11-12H,4,8-10,17H2,1-3H3. The fourth-order valence-electron chi connectivity index (χ4n) is 2.99. The fourth-order valence-corrected chi connectivity index (χ4v) is 2.99. The molecule has 1 fully saturated rings. The topological polar surface area (TPSA) is 55.6 Å². The van der Waals surface area contributed by atoms with Crippen molar-refractivity contribution in [3.05, 3.63) is 23.8 Å². The van der Waals surface area contributed by atoms with E-state index >= 15 is 0 Å². The van der Waals surface area contributed by atoms with Gasteiger partial charge in [-0.2, -0.15) is 0 Å². The molecule has 4 heteroatoms. The molecule has 1 saturated heterocycles. The number of carbonyl (C=O) groups is 1. The first-order valence-corrected chi connectivity index (χ1v) is 7.36. The zero-order valence-corrected chi connectivity index (χ0v) is 12.6. The Labute approximate surface area is 120 Å². The van der Waals surface area contributed by atoms with Crippen LogP contribution in [0.3, 0.4) is 0 Å². The Morgan fingerprint density at radius 1 is 1.45 bits per heavy atom. The maximum absolute atomic E-state index is 12.1. The molecule has 0 aliphatic carbocycles. The van der Waals surface area contributed by atoms with Crippen LogP contribution in [0.1, 0.15) is 44.0 Å². The summed E-state index contributed by atoms with van der Waals surface area (Å²) in [5.74, 6) is 0.429. The predicted octanol–water partition coefficient (Wildman–Crippen LogP) is 3.07. The van der Waals surface area contributed by atoms with E-state index in [2.05, 4.69) is 18.7 Å². The summed E-state index contributed by atoms with van der Waals surface area (Å²) in [4.78, 5) is 14.4. The second-order valence-corrected chi connectivity index (χ2v) is 5.64. The molecule has 4 nitrogen and oxygen atoms in total. The molecular weight excluding hydrogens is 252 g/mol. The Hall–Kier alpha value is -1.71. The van der Waals surface area contributed by atoms with E-state index in [1.807, 2.05) is 19.1 Å². The van der Waals surface area contributed by atoms with Gasteiger partial charge < -0.3 is 15.4 Å². The summed E-state index contributed by atoms with van der Waals surface area (Å²) in [7, 11) is 0. The number of piperidine rings is 1. The summed E-state index contributed by atoms with van der Waals surface area (Å²) in [6.45, 7) is 7.59. The highest BCUT2D eigenvalue weighted by Crippen LogP contribution is 2.34. The van der Waals surface area contributed by atoms with Gasteiger partial charge in [-0.15, -0.1) is 0 Å². The van der Waals surface area contributed by atoms with Gasteiger partial charge >= 0.3 is 5.97 Å². The minimum Gasteiger partial charge on any atom is -0.462 e. The van der Waals surface area contributed by atoms with E-state index in [4.69, 9.17) is 10.5 Å². The van der Waals surface area contributed by atoms with Crippen molar-refractivity contribution in [1.29, 1.82) is 0 Å². The molecular formula is C16H24N2O2. The van der Waals surface area contributed by atoms with Crippen molar-refractivity contribution in [3.8, 4) is 0 Å². The SMILES string of the molecule is CCOC(=O)c1cccc(N)c1N1CCC(C)CC1C. The molecule has 1 heterocycles. The number of ether oxygens (including phenoxy) is 1. The van der Waals surface area contributed by atoms with Gasteiger partial charge in [0.25, 0.3) is 0 Å². The second kappa shape index (κ2) is 6.16. The summed E-state index contributed by atoms with van der Waals surface area (Å²) < 4.78 is 5.15. The highest BCUT2D eigenvalue weighted by molar-refractivity contribution is 5.99. The van der Waals surface area contributed by atoms with Crippen molar-refractivity contribution >= 4 is 17.3 Å². The lowest BCUT2D eigenvalue weighted by Gasteiger charge is -2.39. The summed E-state index contributed by atoms with van der Waals surface area (Å²) in [6, 6.07) is 5.84. The first-order valence-electron chi connectivity index (χ1n) is 7.36. The molecule has 1 aromatic carbocycles. The summed E-state index contributed by atoms with van der Waals surface area (Å²) in [5, 5.41) is 0. The van der Waals surface area contributed by atoms with Crippen LogP contribution in [0.4, 0.5) is 11.4 Å². The Kier molecular flexibility index (Phi) is 4.53. The van der Waals surface area contributed by atoms with E-state index in [-0.39, 0.29) is 5.97 Å². The predicted molar refractivity (Wildman–Crippen MR) is 82.0 cm³/mol. The van der Waals surface area contributed by atoms with Gasteiger partial charge in [0.05, 0.1) is 23.5 Å². The molecule has 2 unspecified atom stereocenters. The first kappa shape index (κ1) is 14.7. The van der Waals surface area contributed by atoms with Gasteiger partial charge in [0, 0.05) is 12.6 Å². The molecule has 1 aliphatic heterocycles. The average molecular weight is 276 g/mol. The Morgan fingerprint density at radius 3 is 2.85 bits per heavy atom. The third kappa shape index (κ3) is 2.89. The molecule has 20 heavy (non-hydrogen) atoms. The van der Waals surface area contributed by atoms with Crippen LogP contribution in [0.15, 0.2) is 18.2 Å². The Morgan fingerprint density at radius 2 is 2.20 bits per heavy atom. The Balaban J connectivity index is 2.37. The van der Waals surface area contributed by atoms with Gasteiger partial charge in [-0.25, -0.2) is 4.79 Å². The lowest BCUT2D eigenvalue weighted by Crippen LogP contribution is -2.41. The molecule has 0 amide bonds. The number of rotatable bonds is 3. The summed E-state index contributed by atoms with van der Waals surface area (Å²) in [5.41, 5.74) is 8.20. The number of anilines is 2. The molecule has 2 N–H and O–H groups in total. The van der Waals surface area contributed by atoms with Gasteiger partial charge in [0.15, 0.2) is 0 Å². The molecule has 0 aromatic heterocycles. The van der Waals surface area contributed by atoms with Crippen LogP contribution >= 0.6 is 0 Å². The second-order valence-electron chi connectivity index (χ2n) is 5.64. The molecule has 110 valence electrons. The Bertz CT molecular complexity index is 487. The number of esters is 1. The van der Waals surface area contributed by atoms with Gasteiger partial charge in [0.2, 0.25) is 0 Å². The quantitative estimate of drug-likeness (QED) is 0.681. The van der Waals surface area contributed by atoms with E-state index < -0.39 is 0 Å². The first-order chi connectivity index (χ1) is 9.54. The van der Waals surface area contributed by atoms with Crippen LogP contribution in [-0.2, 0) is 4.74 Å². The largest absolute Gasteiger partial charge is 0.462 e. The van der Waals surface area contributed by atoms with Crippen molar-refractivity contribution in [2.24, 2.45) is 5.92 Å². The fraction of sp³-hybridized carbons (Fsp3) is 0.562. The van der Waals surface area contributed by atoms with Crippen molar-refractivity contribution in [2.75, 3.05) is 23.8 Å². The molecule has 0 spiro atoms. The molecule has 0 bridgehead atoms. The van der Waals surface area contributed by atoms with E-state index in [9.17, 15) is 4.79 Å². The number of hydrogen-bond donors (Lipinski definition) is 1. The zero-order chi connectivity index (χ0) is 14.7. The highest BCUT2D eigenvalue weighted by atomic mass is 16.5. The normalized spacial score (nSPS) is 22.6. The summed E-state index contributed by atoms with van der Waals surface area (Å²) in [6.07, 6.45) is 2.25. The van der Waals surface area contributed by atoms with Gasteiger partial charge in [-0.1, -0.05) is 13.0 Å². The van der Waals surface area contributed by atoms with E-state index in [1.165, 1.54) is 0 Å². The molecule has 2 rings (SSSR count). The van der Waals surface area contributed by atoms with Crippen molar-refractivity contribution in [3.63, 3.8) is 0 Å². The minimum absolute atomic E-state index is 0.291. The molecule has 0 saturated carbocycles. The van der Waals surface area contributed by atoms with Gasteiger partial charge in [-0.05, 0) is 44.7 Å². The van der Waals surface area contributed by atoms with E-state index in [0.717, 1.165) is 31.0 Å².